The summed E-state index contributed by atoms with van der Waals surface area (Å²) in [6.45, 7) is 2.41. The van der Waals surface area contributed by atoms with Crippen molar-refractivity contribution in [3.63, 3.8) is 0 Å². The Balaban J connectivity index is 2.31. The number of nitrogens with one attached hydrogen (secondary N) is 4. The van der Waals surface area contributed by atoms with Crippen LogP contribution in [0.15, 0.2) is 48.5 Å². The third-order valence-corrected chi connectivity index (χ3v) is 6.20. The van der Waals surface area contributed by atoms with Gasteiger partial charge < -0.3 is 48.1 Å². The standard InChI is InChI=1S/C28H36N6O9/c1-14(35)24(25(30)40)34-28(43)21(12-17-5-9-19(38)10-6-17)32-27(42)22(13-23(29)39)33-26(41)20(31-15(2)36)11-16-3-7-18(37)8-4-16/h3-10,14,20-22,24,35,37-38H,11-13H2,1-2H3,(H2,29,39)(H2,30,40)(H,31,36)(H,32,42)(H,33,41)(H,34,43)/t14-,20+,21+,22+,24+/m0/s1. The molecule has 2 rings (SSSR count). The van der Waals surface area contributed by atoms with Gasteiger partial charge in [0.05, 0.1) is 12.5 Å². The molecule has 11 N–H and O–H groups in total. The van der Waals surface area contributed by atoms with Crippen molar-refractivity contribution in [3.05, 3.63) is 59.7 Å². The van der Waals surface area contributed by atoms with Gasteiger partial charge >= 0.3 is 0 Å². The number of primary amides is 2. The first kappa shape index (κ1) is 34.0. The lowest BCUT2D eigenvalue weighted by Crippen LogP contribution is -2.60. The van der Waals surface area contributed by atoms with Crippen LogP contribution >= 0.6 is 0 Å². The summed E-state index contributed by atoms with van der Waals surface area (Å²) in [5.41, 5.74) is 11.6. The maximum Gasteiger partial charge on any atom is 0.243 e. The summed E-state index contributed by atoms with van der Waals surface area (Å²) in [6, 6.07) is 5.82. The Kier molecular flexibility index (Phi) is 12.4. The highest BCUT2D eigenvalue weighted by molar-refractivity contribution is 5.97. The molecule has 0 radical (unpaired) electrons. The Bertz CT molecular complexity index is 1320. The number of aromatic hydroxyl groups is 2. The van der Waals surface area contributed by atoms with E-state index in [2.05, 4.69) is 21.3 Å². The molecule has 232 valence electrons. The average Bonchev–Trinajstić information content (AvgIpc) is 2.91. The van der Waals surface area contributed by atoms with E-state index < -0.39 is 72.1 Å². The van der Waals surface area contributed by atoms with Crippen molar-refractivity contribution in [1.29, 1.82) is 0 Å². The van der Waals surface area contributed by atoms with Crippen LogP contribution in [0.1, 0.15) is 31.4 Å². The Morgan fingerprint density at radius 3 is 1.47 bits per heavy atom. The SMILES string of the molecule is CC(=O)N[C@H](Cc1ccc(O)cc1)C(=O)N[C@H](CC(N)=O)C(=O)N[C@H](Cc1ccc(O)cc1)C(=O)N[C@@H](C(N)=O)[C@H](C)O. The predicted molar refractivity (Wildman–Crippen MR) is 152 cm³/mol. The van der Waals surface area contributed by atoms with E-state index in [0.29, 0.717) is 11.1 Å². The first-order valence-electron chi connectivity index (χ1n) is 13.2. The Hall–Kier alpha value is -5.18. The number of phenols is 2. The van der Waals surface area contributed by atoms with Crippen molar-refractivity contribution in [2.75, 3.05) is 0 Å². The molecule has 0 aromatic heterocycles. The summed E-state index contributed by atoms with van der Waals surface area (Å²) < 4.78 is 0. The van der Waals surface area contributed by atoms with Gasteiger partial charge in [0.15, 0.2) is 0 Å². The normalized spacial score (nSPS) is 14.2. The molecule has 0 aliphatic rings. The van der Waals surface area contributed by atoms with Crippen molar-refractivity contribution < 1.29 is 44.1 Å². The maximum absolute atomic E-state index is 13.4. The lowest BCUT2D eigenvalue weighted by molar-refractivity contribution is -0.135. The van der Waals surface area contributed by atoms with Crippen molar-refractivity contribution in [3.8, 4) is 11.5 Å². The van der Waals surface area contributed by atoms with Crippen LogP contribution in [0.5, 0.6) is 11.5 Å². The number of carbonyl (C=O) groups excluding carboxylic acids is 6. The highest BCUT2D eigenvalue weighted by atomic mass is 16.3. The predicted octanol–water partition coefficient (Wildman–Crippen LogP) is -2.42. The summed E-state index contributed by atoms with van der Waals surface area (Å²) in [5.74, 6) is -5.36. The number of hydrogen-bond acceptors (Lipinski definition) is 9. The van der Waals surface area contributed by atoms with E-state index in [0.717, 1.165) is 0 Å². The molecule has 0 unspecified atom stereocenters. The minimum Gasteiger partial charge on any atom is -0.508 e. The fourth-order valence-electron chi connectivity index (χ4n) is 4.04. The summed E-state index contributed by atoms with van der Waals surface area (Å²) in [7, 11) is 0. The zero-order chi connectivity index (χ0) is 32.3. The van der Waals surface area contributed by atoms with Crippen LogP contribution in [-0.4, -0.2) is 81.0 Å². The first-order chi connectivity index (χ1) is 20.2. The van der Waals surface area contributed by atoms with Gasteiger partial charge in [0.1, 0.15) is 35.7 Å². The van der Waals surface area contributed by atoms with Crippen molar-refractivity contribution in [1.82, 2.24) is 21.3 Å². The lowest BCUT2D eigenvalue weighted by Gasteiger charge is -2.26. The number of carbonyl (C=O) groups is 6. The molecule has 0 aliphatic heterocycles. The van der Waals surface area contributed by atoms with Crippen molar-refractivity contribution in [2.24, 2.45) is 11.5 Å². The monoisotopic (exact) mass is 600 g/mol. The van der Waals surface area contributed by atoms with E-state index >= 15 is 0 Å². The average molecular weight is 601 g/mol. The molecule has 43 heavy (non-hydrogen) atoms. The fourth-order valence-corrected chi connectivity index (χ4v) is 4.04. The third kappa shape index (κ3) is 11.3. The van der Waals surface area contributed by atoms with Gasteiger partial charge in [-0.1, -0.05) is 24.3 Å². The van der Waals surface area contributed by atoms with E-state index in [9.17, 15) is 44.1 Å². The van der Waals surface area contributed by atoms with Gasteiger partial charge in [-0.3, -0.25) is 28.8 Å². The molecule has 2 aromatic carbocycles. The minimum atomic E-state index is -1.58. The van der Waals surface area contributed by atoms with Crippen LogP contribution < -0.4 is 32.7 Å². The molecule has 6 amide bonds. The van der Waals surface area contributed by atoms with Gasteiger partial charge in [-0.05, 0) is 42.3 Å². The highest BCUT2D eigenvalue weighted by Crippen LogP contribution is 2.13. The molecule has 15 nitrogen and oxygen atoms in total. The first-order valence-corrected chi connectivity index (χ1v) is 13.2. The number of aliphatic hydroxyl groups excluding tert-OH is 1. The number of rotatable bonds is 15. The lowest BCUT2D eigenvalue weighted by atomic mass is 10.0. The molecule has 2 aromatic rings. The molecule has 0 saturated carbocycles. The van der Waals surface area contributed by atoms with Crippen LogP contribution in [0, 0.1) is 0 Å². The van der Waals surface area contributed by atoms with Gasteiger partial charge in [-0.15, -0.1) is 0 Å². The van der Waals surface area contributed by atoms with Crippen LogP contribution in [0.2, 0.25) is 0 Å². The zero-order valence-electron chi connectivity index (χ0n) is 23.6. The number of benzene rings is 2. The van der Waals surface area contributed by atoms with Crippen LogP contribution in [0.3, 0.4) is 0 Å². The largest absolute Gasteiger partial charge is 0.508 e. The van der Waals surface area contributed by atoms with Crippen molar-refractivity contribution >= 4 is 35.4 Å². The quantitative estimate of drug-likeness (QED) is 0.105. The summed E-state index contributed by atoms with van der Waals surface area (Å²) >= 11 is 0. The van der Waals surface area contributed by atoms with E-state index in [1.165, 1.54) is 62.4 Å². The second-order valence-electron chi connectivity index (χ2n) is 9.92. The molecule has 0 fully saturated rings. The van der Waals surface area contributed by atoms with Gasteiger partial charge in [-0.2, -0.15) is 0 Å². The molecule has 0 bridgehead atoms. The zero-order valence-corrected chi connectivity index (χ0v) is 23.6. The van der Waals surface area contributed by atoms with Gasteiger partial charge in [-0.25, -0.2) is 0 Å². The molecule has 0 heterocycles. The molecule has 15 heteroatoms. The highest BCUT2D eigenvalue weighted by Gasteiger charge is 2.32. The Morgan fingerprint density at radius 2 is 1.07 bits per heavy atom. The van der Waals surface area contributed by atoms with Crippen LogP contribution in [0.4, 0.5) is 0 Å². The van der Waals surface area contributed by atoms with Crippen LogP contribution in [0.25, 0.3) is 0 Å². The van der Waals surface area contributed by atoms with Crippen molar-refractivity contribution in [2.45, 2.75) is 63.4 Å². The Morgan fingerprint density at radius 1 is 0.674 bits per heavy atom. The minimum absolute atomic E-state index is 0.0102. The number of aliphatic hydroxyl groups is 1. The molecule has 0 spiro atoms. The summed E-state index contributed by atoms with van der Waals surface area (Å²) in [5, 5.41) is 38.5. The number of phenolic OH excluding ortho intramolecular Hbond substituents is 2. The van der Waals surface area contributed by atoms with Gasteiger partial charge in [0, 0.05) is 19.8 Å². The van der Waals surface area contributed by atoms with Gasteiger partial charge in [0.2, 0.25) is 35.4 Å². The third-order valence-electron chi connectivity index (χ3n) is 6.20. The number of nitrogens with two attached hydrogens (primary N) is 2. The fraction of sp³-hybridized carbons (Fsp3) is 0.357. The van der Waals surface area contributed by atoms with Gasteiger partial charge in [0.25, 0.3) is 0 Å². The second kappa shape index (κ2) is 15.7. The van der Waals surface area contributed by atoms with Crippen LogP contribution in [-0.2, 0) is 41.6 Å². The summed E-state index contributed by atoms with van der Waals surface area (Å²) in [4.78, 5) is 75.1. The molecular weight excluding hydrogens is 564 g/mol. The van der Waals surface area contributed by atoms with E-state index in [4.69, 9.17) is 11.5 Å². The second-order valence-corrected chi connectivity index (χ2v) is 9.92. The molecule has 0 aliphatic carbocycles. The van der Waals surface area contributed by atoms with E-state index in [1.807, 2.05) is 0 Å². The Labute approximate surface area is 247 Å². The molecule has 5 atom stereocenters. The maximum atomic E-state index is 13.4. The summed E-state index contributed by atoms with van der Waals surface area (Å²) in [6.07, 6.45) is -2.24. The molecule has 0 saturated heterocycles. The smallest absolute Gasteiger partial charge is 0.243 e. The molecular formula is C28H36N6O9. The number of amides is 6. The van der Waals surface area contributed by atoms with E-state index in [-0.39, 0.29) is 24.3 Å². The number of hydrogen-bond donors (Lipinski definition) is 9. The topological polar surface area (TPSA) is 263 Å². The van der Waals surface area contributed by atoms with E-state index in [1.54, 1.807) is 0 Å².